The minimum atomic E-state index is -0.979. The van der Waals surface area contributed by atoms with Gasteiger partial charge in [0, 0.05) is 12.1 Å². The number of aliphatic carboxylic acids is 1. The van der Waals surface area contributed by atoms with Crippen LogP contribution in [0, 0.1) is 0 Å². The third kappa shape index (κ3) is 3.18. The molecule has 0 radical (unpaired) electrons. The topological polar surface area (TPSA) is 49.7 Å². The second kappa shape index (κ2) is 6.16. The Morgan fingerprint density at radius 3 is 2.36 bits per heavy atom. The summed E-state index contributed by atoms with van der Waals surface area (Å²) in [6.07, 6.45) is 0. The van der Waals surface area contributed by atoms with Crippen LogP contribution >= 0.6 is 12.4 Å². The number of carboxylic acid groups (broad SMARTS) is 1. The van der Waals surface area contributed by atoms with Gasteiger partial charge in [-0.1, -0.05) is 30.3 Å². The zero-order chi connectivity index (χ0) is 9.68. The molecule has 0 saturated heterocycles. The van der Waals surface area contributed by atoms with Crippen LogP contribution in [0.15, 0.2) is 35.3 Å². The molecule has 0 unspecified atom stereocenters. The predicted molar refractivity (Wildman–Crippen MR) is 58.4 cm³/mol. The monoisotopic (exact) mass is 213 g/mol. The van der Waals surface area contributed by atoms with Crippen molar-refractivity contribution >= 4 is 24.1 Å². The molecule has 3 nitrogen and oxygen atoms in total. The highest BCUT2D eigenvalue weighted by atomic mass is 35.5. The van der Waals surface area contributed by atoms with E-state index < -0.39 is 5.97 Å². The zero-order valence-corrected chi connectivity index (χ0v) is 8.62. The normalized spacial score (nSPS) is 10.5. The van der Waals surface area contributed by atoms with Crippen molar-refractivity contribution in [3.8, 4) is 0 Å². The molecule has 1 aromatic carbocycles. The van der Waals surface area contributed by atoms with Crippen LogP contribution in [-0.2, 0) is 4.79 Å². The van der Waals surface area contributed by atoms with E-state index in [4.69, 9.17) is 5.11 Å². The first-order valence-electron chi connectivity index (χ1n) is 4.09. The molecule has 1 aromatic rings. The standard InChI is InChI=1S/C10H11NO2.ClH/c1-2-11-9(10(12)13)8-6-4-3-5-7-8;/h3-7H,2H2,1H3,(H,12,13);1H/b11-9+;. The highest BCUT2D eigenvalue weighted by Crippen LogP contribution is 2.01. The molecule has 14 heavy (non-hydrogen) atoms. The molecular weight excluding hydrogens is 202 g/mol. The van der Waals surface area contributed by atoms with Gasteiger partial charge in [-0.15, -0.1) is 12.4 Å². The molecule has 0 aliphatic carbocycles. The molecule has 0 fully saturated rings. The van der Waals surface area contributed by atoms with Gasteiger partial charge in [0.1, 0.15) is 5.71 Å². The summed E-state index contributed by atoms with van der Waals surface area (Å²) < 4.78 is 0. The molecule has 0 bridgehead atoms. The Kier molecular flexibility index (Phi) is 5.56. The van der Waals surface area contributed by atoms with Gasteiger partial charge in [-0.05, 0) is 6.92 Å². The number of aliphatic imine (C=N–C) groups is 1. The van der Waals surface area contributed by atoms with Crippen molar-refractivity contribution < 1.29 is 9.90 Å². The summed E-state index contributed by atoms with van der Waals surface area (Å²) >= 11 is 0. The maximum Gasteiger partial charge on any atom is 0.354 e. The summed E-state index contributed by atoms with van der Waals surface area (Å²) in [5.41, 5.74) is 0.778. The summed E-state index contributed by atoms with van der Waals surface area (Å²) in [5.74, 6) is -0.979. The van der Waals surface area contributed by atoms with Gasteiger partial charge in [0.25, 0.3) is 0 Å². The number of hydrogen-bond acceptors (Lipinski definition) is 2. The molecule has 76 valence electrons. The van der Waals surface area contributed by atoms with E-state index in [1.165, 1.54) is 0 Å². The lowest BCUT2D eigenvalue weighted by atomic mass is 10.1. The second-order valence-electron chi connectivity index (χ2n) is 2.49. The van der Waals surface area contributed by atoms with Crippen molar-refractivity contribution in [2.45, 2.75) is 6.92 Å². The number of benzene rings is 1. The van der Waals surface area contributed by atoms with E-state index in [2.05, 4.69) is 4.99 Å². The predicted octanol–water partition coefficient (Wildman–Crippen LogP) is 2.00. The van der Waals surface area contributed by atoms with E-state index >= 15 is 0 Å². The highest BCUT2D eigenvalue weighted by Gasteiger charge is 2.10. The largest absolute Gasteiger partial charge is 0.477 e. The SMILES string of the molecule is CC/N=C(/C(=O)O)c1ccccc1.Cl. The quantitative estimate of drug-likeness (QED) is 0.781. The fourth-order valence-electron chi connectivity index (χ4n) is 1.04. The number of nitrogens with zero attached hydrogens (tertiary/aromatic N) is 1. The van der Waals surface area contributed by atoms with Gasteiger partial charge in [0.15, 0.2) is 0 Å². The average molecular weight is 214 g/mol. The average Bonchev–Trinajstić information content (AvgIpc) is 2.15. The Morgan fingerprint density at radius 1 is 1.36 bits per heavy atom. The lowest BCUT2D eigenvalue weighted by Crippen LogP contribution is -2.14. The van der Waals surface area contributed by atoms with Crippen molar-refractivity contribution in [3.05, 3.63) is 35.9 Å². The van der Waals surface area contributed by atoms with Crippen LogP contribution in [0.3, 0.4) is 0 Å². The molecule has 0 amide bonds. The molecule has 0 atom stereocenters. The summed E-state index contributed by atoms with van der Waals surface area (Å²) in [5, 5.41) is 8.83. The number of hydrogen-bond donors (Lipinski definition) is 1. The molecule has 1 N–H and O–H groups in total. The van der Waals surface area contributed by atoms with E-state index in [1.807, 2.05) is 13.0 Å². The van der Waals surface area contributed by atoms with Gasteiger partial charge < -0.3 is 5.11 Å². The van der Waals surface area contributed by atoms with Gasteiger partial charge in [-0.3, -0.25) is 4.99 Å². The first-order chi connectivity index (χ1) is 6.25. The molecule has 1 rings (SSSR count). The molecule has 4 heteroatoms. The second-order valence-corrected chi connectivity index (χ2v) is 2.49. The number of carboxylic acids is 1. The molecule has 0 aromatic heterocycles. The minimum Gasteiger partial charge on any atom is -0.477 e. The summed E-state index contributed by atoms with van der Waals surface area (Å²) in [7, 11) is 0. The van der Waals surface area contributed by atoms with Crippen molar-refractivity contribution in [1.82, 2.24) is 0 Å². The maximum atomic E-state index is 10.8. The Labute approximate surface area is 88.9 Å². The van der Waals surface area contributed by atoms with Crippen LogP contribution in [0.2, 0.25) is 0 Å². The van der Waals surface area contributed by atoms with Crippen LogP contribution in [0.25, 0.3) is 0 Å². The molecule has 0 spiro atoms. The maximum absolute atomic E-state index is 10.8. The van der Waals surface area contributed by atoms with E-state index in [9.17, 15) is 4.79 Å². The minimum absolute atomic E-state index is 0. The summed E-state index contributed by atoms with van der Waals surface area (Å²) in [6, 6.07) is 8.91. The Morgan fingerprint density at radius 2 is 1.93 bits per heavy atom. The molecule has 0 aliphatic rings. The third-order valence-corrected chi connectivity index (χ3v) is 1.57. The summed E-state index contributed by atoms with van der Waals surface area (Å²) in [6.45, 7) is 2.29. The first kappa shape index (κ1) is 12.7. The fraction of sp³-hybridized carbons (Fsp3) is 0.200. The van der Waals surface area contributed by atoms with Crippen molar-refractivity contribution in [3.63, 3.8) is 0 Å². The molecule has 0 heterocycles. The highest BCUT2D eigenvalue weighted by molar-refractivity contribution is 6.42. The van der Waals surface area contributed by atoms with Crippen LogP contribution in [0.4, 0.5) is 0 Å². The van der Waals surface area contributed by atoms with Crippen LogP contribution in [0.1, 0.15) is 12.5 Å². The van der Waals surface area contributed by atoms with Crippen LogP contribution < -0.4 is 0 Å². The molecule has 0 aliphatic heterocycles. The zero-order valence-electron chi connectivity index (χ0n) is 7.80. The fourth-order valence-corrected chi connectivity index (χ4v) is 1.04. The smallest absolute Gasteiger partial charge is 0.354 e. The van der Waals surface area contributed by atoms with Crippen molar-refractivity contribution in [2.75, 3.05) is 6.54 Å². The van der Waals surface area contributed by atoms with Crippen LogP contribution in [0.5, 0.6) is 0 Å². The van der Waals surface area contributed by atoms with Gasteiger partial charge in [0.2, 0.25) is 0 Å². The van der Waals surface area contributed by atoms with E-state index in [1.54, 1.807) is 24.3 Å². The summed E-state index contributed by atoms with van der Waals surface area (Å²) in [4.78, 5) is 14.7. The molecule has 0 saturated carbocycles. The van der Waals surface area contributed by atoms with E-state index in [0.29, 0.717) is 12.1 Å². The Balaban J connectivity index is 0.00000169. The number of carbonyl (C=O) groups is 1. The van der Waals surface area contributed by atoms with Gasteiger partial charge in [-0.25, -0.2) is 4.79 Å². The van der Waals surface area contributed by atoms with E-state index in [-0.39, 0.29) is 18.1 Å². The molecular formula is C10H12ClNO2. The lowest BCUT2D eigenvalue weighted by Gasteiger charge is -1.99. The van der Waals surface area contributed by atoms with Gasteiger partial charge >= 0.3 is 5.97 Å². The van der Waals surface area contributed by atoms with Crippen molar-refractivity contribution in [2.24, 2.45) is 4.99 Å². The lowest BCUT2D eigenvalue weighted by molar-refractivity contribution is -0.129. The van der Waals surface area contributed by atoms with Crippen molar-refractivity contribution in [1.29, 1.82) is 0 Å². The van der Waals surface area contributed by atoms with Gasteiger partial charge in [0.05, 0.1) is 0 Å². The van der Waals surface area contributed by atoms with Gasteiger partial charge in [-0.2, -0.15) is 0 Å². The number of rotatable bonds is 3. The Hall–Kier alpha value is -1.35. The Bertz CT molecular complexity index is 322. The van der Waals surface area contributed by atoms with Crippen LogP contribution in [-0.4, -0.2) is 23.3 Å². The third-order valence-electron chi connectivity index (χ3n) is 1.57. The first-order valence-corrected chi connectivity index (χ1v) is 4.09. The number of halogens is 1. The van der Waals surface area contributed by atoms with E-state index in [0.717, 1.165) is 0 Å².